The van der Waals surface area contributed by atoms with Crippen molar-refractivity contribution in [2.75, 3.05) is 19.0 Å². The first-order valence-corrected chi connectivity index (χ1v) is 9.09. The molecule has 0 unspecified atom stereocenters. The normalized spacial score (nSPS) is 16.4. The van der Waals surface area contributed by atoms with Gasteiger partial charge in [-0.3, -0.25) is 14.9 Å². The Kier molecular flexibility index (Phi) is 6.57. The second kappa shape index (κ2) is 8.69. The van der Waals surface area contributed by atoms with Gasteiger partial charge in [0.2, 0.25) is 0 Å². The van der Waals surface area contributed by atoms with E-state index in [1.165, 1.54) is 19.1 Å². The number of nitro groups is 1. The lowest BCUT2D eigenvalue weighted by Gasteiger charge is -2.32. The number of rotatable bonds is 6. The molecular formula is C19H24N4O5. The number of esters is 1. The topological polar surface area (TPSA) is 126 Å². The van der Waals surface area contributed by atoms with Crippen LogP contribution in [0.3, 0.4) is 0 Å². The van der Waals surface area contributed by atoms with Crippen molar-refractivity contribution in [3.05, 3.63) is 33.9 Å². The summed E-state index contributed by atoms with van der Waals surface area (Å²) < 4.78 is 5.17. The van der Waals surface area contributed by atoms with Crippen LogP contribution in [0.2, 0.25) is 0 Å². The summed E-state index contributed by atoms with van der Waals surface area (Å²) in [5, 5.41) is 23.4. The van der Waals surface area contributed by atoms with Crippen LogP contribution in [0.5, 0.6) is 0 Å². The smallest absolute Gasteiger partial charge is 0.339 e. The predicted octanol–water partition coefficient (Wildman–Crippen LogP) is 2.55. The van der Waals surface area contributed by atoms with Crippen LogP contribution < -0.4 is 10.2 Å². The van der Waals surface area contributed by atoms with Gasteiger partial charge in [-0.2, -0.15) is 5.26 Å². The van der Waals surface area contributed by atoms with Crippen LogP contribution in [0, 0.1) is 21.4 Å². The van der Waals surface area contributed by atoms with E-state index < -0.39 is 28.4 Å². The van der Waals surface area contributed by atoms with E-state index >= 15 is 0 Å². The zero-order valence-corrected chi connectivity index (χ0v) is 16.2. The molecule has 1 fully saturated rings. The minimum Gasteiger partial charge on any atom is -0.449 e. The van der Waals surface area contributed by atoms with Crippen LogP contribution in [-0.2, 0) is 9.53 Å². The third-order valence-electron chi connectivity index (χ3n) is 4.83. The second-order valence-corrected chi connectivity index (χ2v) is 7.15. The Morgan fingerprint density at radius 1 is 1.32 bits per heavy atom. The van der Waals surface area contributed by atoms with Gasteiger partial charge in [-0.1, -0.05) is 19.3 Å². The van der Waals surface area contributed by atoms with Crippen LogP contribution in [0.1, 0.15) is 49.4 Å². The molecular weight excluding hydrogens is 364 g/mol. The molecule has 1 saturated carbocycles. The molecule has 0 radical (unpaired) electrons. The van der Waals surface area contributed by atoms with Crippen molar-refractivity contribution in [1.82, 2.24) is 5.32 Å². The van der Waals surface area contributed by atoms with Gasteiger partial charge in [-0.25, -0.2) is 4.79 Å². The first-order chi connectivity index (χ1) is 13.2. The maximum atomic E-state index is 12.4. The number of benzene rings is 1. The molecule has 2 rings (SSSR count). The Balaban J connectivity index is 2.09. The number of nitrogens with zero attached hydrogens (tertiary/aromatic N) is 3. The highest BCUT2D eigenvalue weighted by Gasteiger charge is 2.35. The number of nitrogens with one attached hydrogen (secondary N) is 1. The van der Waals surface area contributed by atoms with Gasteiger partial charge in [0.25, 0.3) is 11.6 Å². The fraction of sp³-hybridized carbons (Fsp3) is 0.526. The third kappa shape index (κ3) is 4.76. The van der Waals surface area contributed by atoms with Crippen molar-refractivity contribution in [3.8, 4) is 6.07 Å². The molecule has 1 aliphatic rings. The highest BCUT2D eigenvalue weighted by Crippen LogP contribution is 2.29. The van der Waals surface area contributed by atoms with Crippen LogP contribution >= 0.6 is 0 Å². The summed E-state index contributed by atoms with van der Waals surface area (Å²) in [6.45, 7) is 1.41. The SMILES string of the molecule is C[C@H](OC(=O)c1ccc(N(C)C)c([N+](=O)[O-])c1)C(=O)NC1(C#N)CCCCC1. The summed E-state index contributed by atoms with van der Waals surface area (Å²) in [4.78, 5) is 37.0. The highest BCUT2D eigenvalue weighted by molar-refractivity contribution is 5.94. The quantitative estimate of drug-likeness (QED) is 0.451. The Hall–Kier alpha value is -3.15. The fourth-order valence-electron chi connectivity index (χ4n) is 3.21. The summed E-state index contributed by atoms with van der Waals surface area (Å²) >= 11 is 0. The van der Waals surface area contributed by atoms with Crippen molar-refractivity contribution in [2.45, 2.75) is 50.7 Å². The molecule has 0 aromatic heterocycles. The molecule has 1 aromatic carbocycles. The van der Waals surface area contributed by atoms with Crippen LogP contribution in [0.4, 0.5) is 11.4 Å². The number of amides is 1. The number of carbonyl (C=O) groups excluding carboxylic acids is 2. The van der Waals surface area contributed by atoms with E-state index in [9.17, 15) is 25.0 Å². The lowest BCUT2D eigenvalue weighted by atomic mass is 9.83. The molecule has 150 valence electrons. The van der Waals surface area contributed by atoms with Crippen LogP contribution in [-0.4, -0.2) is 42.5 Å². The summed E-state index contributed by atoms with van der Waals surface area (Å²) in [5.74, 6) is -1.40. The lowest BCUT2D eigenvalue weighted by Crippen LogP contribution is -2.52. The van der Waals surface area contributed by atoms with Crippen molar-refractivity contribution in [3.63, 3.8) is 0 Å². The van der Waals surface area contributed by atoms with Gasteiger partial charge in [0.15, 0.2) is 6.10 Å². The average molecular weight is 388 g/mol. The van der Waals surface area contributed by atoms with Gasteiger partial charge in [0, 0.05) is 20.2 Å². The van der Waals surface area contributed by atoms with E-state index in [0.717, 1.165) is 25.3 Å². The lowest BCUT2D eigenvalue weighted by molar-refractivity contribution is -0.384. The number of nitro benzene ring substituents is 1. The molecule has 1 atom stereocenters. The molecule has 0 saturated heterocycles. The predicted molar refractivity (Wildman–Crippen MR) is 102 cm³/mol. The van der Waals surface area contributed by atoms with E-state index in [1.54, 1.807) is 19.0 Å². The minimum atomic E-state index is -1.13. The monoisotopic (exact) mass is 388 g/mol. The van der Waals surface area contributed by atoms with E-state index in [2.05, 4.69) is 11.4 Å². The molecule has 0 heterocycles. The number of nitriles is 1. The van der Waals surface area contributed by atoms with Gasteiger partial charge in [0.1, 0.15) is 11.2 Å². The third-order valence-corrected chi connectivity index (χ3v) is 4.83. The van der Waals surface area contributed by atoms with Crippen molar-refractivity contribution in [1.29, 1.82) is 5.26 Å². The van der Waals surface area contributed by atoms with E-state index in [0.29, 0.717) is 18.5 Å². The number of ether oxygens (including phenoxy) is 1. The standard InChI is InChI=1S/C19H24N4O5/c1-13(17(24)21-19(12-20)9-5-4-6-10-19)28-18(25)14-7-8-15(22(2)3)16(11-14)23(26)27/h7-8,11,13H,4-6,9-10H2,1-3H3,(H,21,24)/t13-/m0/s1. The summed E-state index contributed by atoms with van der Waals surface area (Å²) in [7, 11) is 3.31. The summed E-state index contributed by atoms with van der Waals surface area (Å²) in [5.41, 5.74) is -0.838. The molecule has 0 spiro atoms. The summed E-state index contributed by atoms with van der Waals surface area (Å²) in [6, 6.07) is 6.16. The zero-order valence-electron chi connectivity index (χ0n) is 16.2. The van der Waals surface area contributed by atoms with Gasteiger partial charge in [0.05, 0.1) is 16.6 Å². The number of carbonyl (C=O) groups is 2. The minimum absolute atomic E-state index is 0.0235. The fourth-order valence-corrected chi connectivity index (χ4v) is 3.21. The van der Waals surface area contributed by atoms with Gasteiger partial charge >= 0.3 is 5.97 Å². The first kappa shape index (κ1) is 21.2. The molecule has 9 heteroatoms. The molecule has 1 aliphatic carbocycles. The van der Waals surface area contributed by atoms with Crippen molar-refractivity contribution >= 4 is 23.3 Å². The molecule has 1 aromatic rings. The Bertz CT molecular complexity index is 809. The number of hydrogen-bond donors (Lipinski definition) is 1. The Labute approximate surface area is 163 Å². The average Bonchev–Trinajstić information content (AvgIpc) is 2.67. The highest BCUT2D eigenvalue weighted by atomic mass is 16.6. The molecule has 9 nitrogen and oxygen atoms in total. The van der Waals surface area contributed by atoms with Crippen molar-refractivity contribution in [2.24, 2.45) is 0 Å². The maximum absolute atomic E-state index is 12.4. The van der Waals surface area contributed by atoms with E-state index in [4.69, 9.17) is 4.74 Å². The summed E-state index contributed by atoms with van der Waals surface area (Å²) in [6.07, 6.45) is 2.72. The Morgan fingerprint density at radius 2 is 1.96 bits per heavy atom. The zero-order chi connectivity index (χ0) is 20.9. The van der Waals surface area contributed by atoms with Gasteiger partial charge in [-0.15, -0.1) is 0 Å². The van der Waals surface area contributed by atoms with Gasteiger partial charge < -0.3 is 15.0 Å². The maximum Gasteiger partial charge on any atom is 0.339 e. The molecule has 0 bridgehead atoms. The van der Waals surface area contributed by atoms with E-state index in [-0.39, 0.29) is 11.3 Å². The molecule has 1 N–H and O–H groups in total. The second-order valence-electron chi connectivity index (χ2n) is 7.15. The molecule has 0 aliphatic heterocycles. The van der Waals surface area contributed by atoms with Crippen LogP contribution in [0.15, 0.2) is 18.2 Å². The van der Waals surface area contributed by atoms with E-state index in [1.807, 2.05) is 0 Å². The van der Waals surface area contributed by atoms with Crippen molar-refractivity contribution < 1.29 is 19.2 Å². The molecule has 1 amide bonds. The number of anilines is 1. The Morgan fingerprint density at radius 3 is 2.50 bits per heavy atom. The first-order valence-electron chi connectivity index (χ1n) is 9.09. The van der Waals surface area contributed by atoms with Crippen LogP contribution in [0.25, 0.3) is 0 Å². The van der Waals surface area contributed by atoms with Gasteiger partial charge in [-0.05, 0) is 31.9 Å². The largest absolute Gasteiger partial charge is 0.449 e. The molecule has 28 heavy (non-hydrogen) atoms. The number of hydrogen-bond acceptors (Lipinski definition) is 7.